The van der Waals surface area contributed by atoms with Gasteiger partial charge in [-0.1, -0.05) is 6.92 Å². The van der Waals surface area contributed by atoms with E-state index in [0.717, 1.165) is 25.9 Å². The molecular weight excluding hydrogens is 252 g/mol. The predicted octanol–water partition coefficient (Wildman–Crippen LogP) is -0.0730. The molecule has 2 fully saturated rings. The van der Waals surface area contributed by atoms with Gasteiger partial charge in [0.1, 0.15) is 0 Å². The lowest BCUT2D eigenvalue weighted by Crippen LogP contribution is -2.46. The Morgan fingerprint density at radius 1 is 1.39 bits per heavy atom. The SMILES string of the molecule is CC1(C(=O)NCC2CCS(=O)(=O)C2)CCNCC1. The van der Waals surface area contributed by atoms with E-state index >= 15 is 0 Å². The first kappa shape index (κ1) is 13.8. The Morgan fingerprint density at radius 2 is 2.06 bits per heavy atom. The molecule has 0 aromatic rings. The third-order valence-corrected chi connectivity index (χ3v) is 5.97. The highest BCUT2D eigenvalue weighted by Crippen LogP contribution is 2.28. The topological polar surface area (TPSA) is 75.3 Å². The van der Waals surface area contributed by atoms with Crippen molar-refractivity contribution in [2.45, 2.75) is 26.2 Å². The molecule has 1 atom stereocenters. The van der Waals surface area contributed by atoms with Crippen molar-refractivity contribution in [3.05, 3.63) is 0 Å². The third-order valence-electron chi connectivity index (χ3n) is 4.13. The molecule has 2 N–H and O–H groups in total. The van der Waals surface area contributed by atoms with E-state index in [2.05, 4.69) is 10.6 Å². The summed E-state index contributed by atoms with van der Waals surface area (Å²) in [6.45, 7) is 4.25. The van der Waals surface area contributed by atoms with Crippen LogP contribution in [0.3, 0.4) is 0 Å². The van der Waals surface area contributed by atoms with Crippen LogP contribution >= 0.6 is 0 Å². The molecule has 2 heterocycles. The van der Waals surface area contributed by atoms with Crippen LogP contribution in [-0.2, 0) is 14.6 Å². The zero-order valence-corrected chi connectivity index (χ0v) is 11.7. The number of hydrogen-bond donors (Lipinski definition) is 2. The standard InChI is InChI=1S/C12H22N2O3S/c1-12(3-5-13-6-4-12)11(15)14-8-10-2-7-18(16,17)9-10/h10,13H,2-9H2,1H3,(H,14,15). The highest BCUT2D eigenvalue weighted by molar-refractivity contribution is 7.91. The van der Waals surface area contributed by atoms with Crippen LogP contribution in [0.5, 0.6) is 0 Å². The fraction of sp³-hybridized carbons (Fsp3) is 0.917. The van der Waals surface area contributed by atoms with Gasteiger partial charge in [-0.25, -0.2) is 8.42 Å². The minimum Gasteiger partial charge on any atom is -0.355 e. The minimum atomic E-state index is -2.84. The highest BCUT2D eigenvalue weighted by Gasteiger charge is 2.35. The zero-order chi connectivity index (χ0) is 13.2. The summed E-state index contributed by atoms with van der Waals surface area (Å²) in [5.74, 6) is 0.679. The Balaban J connectivity index is 1.81. The van der Waals surface area contributed by atoms with Crippen LogP contribution in [0.2, 0.25) is 0 Å². The Hall–Kier alpha value is -0.620. The quantitative estimate of drug-likeness (QED) is 0.755. The van der Waals surface area contributed by atoms with Crippen LogP contribution in [0, 0.1) is 11.3 Å². The molecule has 2 rings (SSSR count). The van der Waals surface area contributed by atoms with Crippen molar-refractivity contribution in [3.63, 3.8) is 0 Å². The van der Waals surface area contributed by atoms with Gasteiger partial charge >= 0.3 is 0 Å². The third kappa shape index (κ3) is 3.23. The molecule has 2 aliphatic heterocycles. The maximum Gasteiger partial charge on any atom is 0.226 e. The fourth-order valence-electron chi connectivity index (χ4n) is 2.69. The maximum absolute atomic E-state index is 12.1. The molecular formula is C12H22N2O3S. The molecule has 104 valence electrons. The number of hydrogen-bond acceptors (Lipinski definition) is 4. The summed E-state index contributed by atoms with van der Waals surface area (Å²) in [4.78, 5) is 12.1. The summed E-state index contributed by atoms with van der Waals surface area (Å²) in [6, 6.07) is 0. The first-order valence-corrected chi connectivity index (χ1v) is 8.43. The van der Waals surface area contributed by atoms with Gasteiger partial charge in [-0.2, -0.15) is 0 Å². The summed E-state index contributed by atoms with van der Waals surface area (Å²) in [7, 11) is -2.84. The van der Waals surface area contributed by atoms with Crippen molar-refractivity contribution in [1.82, 2.24) is 10.6 Å². The lowest BCUT2D eigenvalue weighted by molar-refractivity contribution is -0.131. The van der Waals surface area contributed by atoms with Gasteiger partial charge in [0.05, 0.1) is 11.5 Å². The van der Waals surface area contributed by atoms with E-state index in [1.54, 1.807) is 0 Å². The van der Waals surface area contributed by atoms with Gasteiger partial charge < -0.3 is 10.6 Å². The molecule has 0 aromatic carbocycles. The molecule has 6 heteroatoms. The number of amides is 1. The lowest BCUT2D eigenvalue weighted by atomic mass is 9.80. The van der Waals surface area contributed by atoms with Crippen LogP contribution in [-0.4, -0.2) is 45.5 Å². The van der Waals surface area contributed by atoms with Gasteiger partial charge in [0.2, 0.25) is 5.91 Å². The molecule has 0 spiro atoms. The first-order chi connectivity index (χ1) is 8.41. The second-order valence-electron chi connectivity index (χ2n) is 5.79. The summed E-state index contributed by atoms with van der Waals surface area (Å²) < 4.78 is 22.7. The number of sulfone groups is 1. The van der Waals surface area contributed by atoms with Gasteiger partial charge in [0.15, 0.2) is 9.84 Å². The van der Waals surface area contributed by atoms with E-state index in [9.17, 15) is 13.2 Å². The van der Waals surface area contributed by atoms with Gasteiger partial charge in [0.25, 0.3) is 0 Å². The number of rotatable bonds is 3. The van der Waals surface area contributed by atoms with Gasteiger partial charge in [-0.3, -0.25) is 4.79 Å². The number of piperidine rings is 1. The molecule has 5 nitrogen and oxygen atoms in total. The number of carbonyl (C=O) groups excluding carboxylic acids is 1. The van der Waals surface area contributed by atoms with Crippen molar-refractivity contribution < 1.29 is 13.2 Å². The van der Waals surface area contributed by atoms with Gasteiger partial charge in [0, 0.05) is 12.0 Å². The average molecular weight is 274 g/mol. The van der Waals surface area contributed by atoms with Crippen LogP contribution in [0.1, 0.15) is 26.2 Å². The minimum absolute atomic E-state index is 0.0771. The predicted molar refractivity (Wildman–Crippen MR) is 70.0 cm³/mol. The van der Waals surface area contributed by atoms with E-state index < -0.39 is 9.84 Å². The van der Waals surface area contributed by atoms with Crippen LogP contribution in [0.15, 0.2) is 0 Å². The zero-order valence-electron chi connectivity index (χ0n) is 10.9. The first-order valence-electron chi connectivity index (χ1n) is 6.61. The van der Waals surface area contributed by atoms with Crippen LogP contribution < -0.4 is 10.6 Å². The van der Waals surface area contributed by atoms with Crippen molar-refractivity contribution >= 4 is 15.7 Å². The second-order valence-corrected chi connectivity index (χ2v) is 8.02. The molecule has 1 amide bonds. The molecule has 2 aliphatic rings. The lowest BCUT2D eigenvalue weighted by Gasteiger charge is -2.32. The second kappa shape index (κ2) is 5.17. The Bertz CT molecular complexity index is 413. The molecule has 0 aliphatic carbocycles. The summed E-state index contributed by atoms with van der Waals surface area (Å²) in [5, 5.41) is 6.18. The van der Waals surface area contributed by atoms with E-state index in [0.29, 0.717) is 13.0 Å². The van der Waals surface area contributed by atoms with Crippen LogP contribution in [0.4, 0.5) is 0 Å². The Labute approximate surface area is 109 Å². The van der Waals surface area contributed by atoms with E-state index in [1.165, 1.54) is 0 Å². The summed E-state index contributed by atoms with van der Waals surface area (Å²) in [5.41, 5.74) is -0.289. The molecule has 2 saturated heterocycles. The maximum atomic E-state index is 12.1. The molecule has 0 bridgehead atoms. The average Bonchev–Trinajstić information content (AvgIpc) is 2.67. The summed E-state index contributed by atoms with van der Waals surface area (Å²) >= 11 is 0. The van der Waals surface area contributed by atoms with E-state index in [1.807, 2.05) is 6.92 Å². The van der Waals surface area contributed by atoms with E-state index in [4.69, 9.17) is 0 Å². The monoisotopic (exact) mass is 274 g/mol. The van der Waals surface area contributed by atoms with Gasteiger partial charge in [-0.15, -0.1) is 0 Å². The molecule has 1 unspecified atom stereocenters. The normalized spacial score (nSPS) is 29.9. The Kier molecular flexibility index (Phi) is 3.96. The smallest absolute Gasteiger partial charge is 0.226 e. The summed E-state index contributed by atoms with van der Waals surface area (Å²) in [6.07, 6.45) is 2.38. The molecule has 18 heavy (non-hydrogen) atoms. The van der Waals surface area contributed by atoms with Crippen LogP contribution in [0.25, 0.3) is 0 Å². The fourth-order valence-corrected chi connectivity index (χ4v) is 4.55. The van der Waals surface area contributed by atoms with Crippen molar-refractivity contribution in [3.8, 4) is 0 Å². The largest absolute Gasteiger partial charge is 0.355 e. The number of nitrogens with one attached hydrogen (secondary N) is 2. The van der Waals surface area contributed by atoms with E-state index in [-0.39, 0.29) is 28.7 Å². The molecule has 0 radical (unpaired) electrons. The molecule has 0 saturated carbocycles. The van der Waals surface area contributed by atoms with Gasteiger partial charge in [-0.05, 0) is 38.3 Å². The Morgan fingerprint density at radius 3 is 2.61 bits per heavy atom. The van der Waals surface area contributed by atoms with Crippen molar-refractivity contribution in [2.24, 2.45) is 11.3 Å². The van der Waals surface area contributed by atoms with Crippen molar-refractivity contribution in [1.29, 1.82) is 0 Å². The highest BCUT2D eigenvalue weighted by atomic mass is 32.2. The number of carbonyl (C=O) groups is 1. The molecule has 0 aromatic heterocycles. The van der Waals surface area contributed by atoms with Crippen molar-refractivity contribution in [2.75, 3.05) is 31.1 Å².